The molecule has 0 saturated heterocycles. The number of hydrogen-bond acceptors (Lipinski definition) is 4. The molecule has 128 valence electrons. The van der Waals surface area contributed by atoms with Crippen molar-refractivity contribution < 1.29 is 17.9 Å². The number of carbonyl (C=O) groups is 1. The van der Waals surface area contributed by atoms with Crippen molar-refractivity contribution in [3.05, 3.63) is 29.3 Å². The van der Waals surface area contributed by atoms with E-state index in [0.29, 0.717) is 17.7 Å². The molecular weight excluding hydrogens is 314 g/mol. The Balaban J connectivity index is 2.35. The van der Waals surface area contributed by atoms with Gasteiger partial charge in [0.05, 0.1) is 17.6 Å². The number of nitrogens with zero attached hydrogens (tertiary/aromatic N) is 1. The fourth-order valence-corrected chi connectivity index (χ4v) is 5.21. The van der Waals surface area contributed by atoms with Crippen LogP contribution >= 0.6 is 0 Å². The zero-order valence-electron chi connectivity index (χ0n) is 14.0. The van der Waals surface area contributed by atoms with E-state index in [-0.39, 0.29) is 10.9 Å². The van der Waals surface area contributed by atoms with Crippen molar-refractivity contribution in [2.75, 3.05) is 13.7 Å². The van der Waals surface area contributed by atoms with Crippen LogP contribution in [-0.2, 0) is 14.8 Å². The van der Waals surface area contributed by atoms with Crippen LogP contribution in [0.5, 0.6) is 0 Å². The smallest absolute Gasteiger partial charge is 0.337 e. The zero-order valence-corrected chi connectivity index (χ0v) is 14.9. The van der Waals surface area contributed by atoms with Gasteiger partial charge in [-0.2, -0.15) is 4.31 Å². The lowest BCUT2D eigenvalue weighted by Crippen LogP contribution is -2.41. The Kier molecular flexibility index (Phi) is 5.81. The topological polar surface area (TPSA) is 63.7 Å². The lowest BCUT2D eigenvalue weighted by Gasteiger charge is -2.33. The summed E-state index contributed by atoms with van der Waals surface area (Å²) in [6.45, 7) is 4.06. The Bertz CT molecular complexity index is 663. The van der Waals surface area contributed by atoms with Gasteiger partial charge in [0, 0.05) is 12.6 Å². The standard InChI is InChI=1S/C17H25NO4S/c1-4-18(15-8-6-5-7-9-15)23(20,21)16-11-10-14(12-13(16)2)17(19)22-3/h10-12,15H,4-9H2,1-3H3. The lowest BCUT2D eigenvalue weighted by atomic mass is 9.95. The minimum absolute atomic E-state index is 0.0819. The van der Waals surface area contributed by atoms with Crippen molar-refractivity contribution in [1.29, 1.82) is 0 Å². The number of ether oxygens (including phenoxy) is 1. The van der Waals surface area contributed by atoms with Crippen LogP contribution in [0.25, 0.3) is 0 Å². The number of rotatable bonds is 5. The summed E-state index contributed by atoms with van der Waals surface area (Å²) < 4.78 is 32.4. The van der Waals surface area contributed by atoms with E-state index in [1.807, 2.05) is 6.92 Å². The van der Waals surface area contributed by atoms with Gasteiger partial charge in [0.15, 0.2) is 0 Å². The Morgan fingerprint density at radius 1 is 1.26 bits per heavy atom. The number of hydrogen-bond donors (Lipinski definition) is 0. The van der Waals surface area contributed by atoms with Crippen LogP contribution in [0.15, 0.2) is 23.1 Å². The van der Waals surface area contributed by atoms with E-state index < -0.39 is 16.0 Å². The maximum atomic E-state index is 13.0. The van der Waals surface area contributed by atoms with Gasteiger partial charge in [-0.1, -0.05) is 26.2 Å². The molecule has 0 spiro atoms. The van der Waals surface area contributed by atoms with Gasteiger partial charge in [0.25, 0.3) is 0 Å². The van der Waals surface area contributed by atoms with Crippen molar-refractivity contribution in [2.24, 2.45) is 0 Å². The van der Waals surface area contributed by atoms with Gasteiger partial charge in [0.2, 0.25) is 10.0 Å². The average molecular weight is 339 g/mol. The van der Waals surface area contributed by atoms with Crippen LogP contribution in [0.2, 0.25) is 0 Å². The quantitative estimate of drug-likeness (QED) is 0.773. The van der Waals surface area contributed by atoms with Gasteiger partial charge >= 0.3 is 5.97 Å². The van der Waals surface area contributed by atoms with Crippen LogP contribution < -0.4 is 0 Å². The molecule has 0 aliphatic heterocycles. The number of methoxy groups -OCH3 is 1. The summed E-state index contributed by atoms with van der Waals surface area (Å²) in [5, 5.41) is 0. The highest BCUT2D eigenvalue weighted by Crippen LogP contribution is 2.29. The lowest BCUT2D eigenvalue weighted by molar-refractivity contribution is 0.0600. The Morgan fingerprint density at radius 2 is 1.91 bits per heavy atom. The van der Waals surface area contributed by atoms with Gasteiger partial charge in [-0.3, -0.25) is 0 Å². The SMILES string of the molecule is CCN(C1CCCCC1)S(=O)(=O)c1ccc(C(=O)OC)cc1C. The molecule has 1 fully saturated rings. The second-order valence-electron chi connectivity index (χ2n) is 5.97. The maximum absolute atomic E-state index is 13.0. The first-order valence-electron chi connectivity index (χ1n) is 8.12. The molecule has 2 rings (SSSR count). The molecule has 1 aromatic carbocycles. The van der Waals surface area contributed by atoms with E-state index in [1.54, 1.807) is 17.3 Å². The first kappa shape index (κ1) is 17.9. The van der Waals surface area contributed by atoms with Crippen molar-refractivity contribution in [3.63, 3.8) is 0 Å². The first-order valence-corrected chi connectivity index (χ1v) is 9.56. The molecule has 0 radical (unpaired) electrons. The predicted molar refractivity (Wildman–Crippen MR) is 89.0 cm³/mol. The second-order valence-corrected chi connectivity index (χ2v) is 7.83. The minimum atomic E-state index is -3.55. The summed E-state index contributed by atoms with van der Waals surface area (Å²) in [6, 6.07) is 4.69. The largest absolute Gasteiger partial charge is 0.465 e. The predicted octanol–water partition coefficient (Wildman–Crippen LogP) is 3.12. The summed E-state index contributed by atoms with van der Waals surface area (Å²) in [4.78, 5) is 11.9. The third kappa shape index (κ3) is 3.75. The Hall–Kier alpha value is -1.40. The zero-order chi connectivity index (χ0) is 17.0. The van der Waals surface area contributed by atoms with Crippen LogP contribution in [0.3, 0.4) is 0 Å². The van der Waals surface area contributed by atoms with Crippen LogP contribution in [0, 0.1) is 6.92 Å². The Labute approximate surface area is 138 Å². The number of sulfonamides is 1. The fourth-order valence-electron chi connectivity index (χ4n) is 3.30. The number of carbonyl (C=O) groups excluding carboxylic acids is 1. The molecule has 0 unspecified atom stereocenters. The second kappa shape index (κ2) is 7.45. The molecule has 1 aromatic rings. The molecule has 0 aromatic heterocycles. The summed E-state index contributed by atoms with van der Waals surface area (Å²) in [5.41, 5.74) is 0.937. The molecule has 23 heavy (non-hydrogen) atoms. The van der Waals surface area contributed by atoms with E-state index in [4.69, 9.17) is 0 Å². The molecule has 5 nitrogen and oxygen atoms in total. The molecule has 1 saturated carbocycles. The number of esters is 1. The average Bonchev–Trinajstić information content (AvgIpc) is 2.55. The highest BCUT2D eigenvalue weighted by Gasteiger charge is 2.32. The van der Waals surface area contributed by atoms with Crippen LogP contribution in [0.1, 0.15) is 54.9 Å². The Morgan fingerprint density at radius 3 is 2.43 bits per heavy atom. The molecular formula is C17H25NO4S. The third-order valence-electron chi connectivity index (χ3n) is 4.48. The molecule has 0 amide bonds. The van der Waals surface area contributed by atoms with Gasteiger partial charge in [-0.05, 0) is 43.5 Å². The highest BCUT2D eigenvalue weighted by molar-refractivity contribution is 7.89. The van der Waals surface area contributed by atoms with Crippen LogP contribution in [-0.4, -0.2) is 38.4 Å². The van der Waals surface area contributed by atoms with Crippen molar-refractivity contribution in [2.45, 2.75) is 56.9 Å². The molecule has 1 aliphatic carbocycles. The fraction of sp³-hybridized carbons (Fsp3) is 0.588. The monoisotopic (exact) mass is 339 g/mol. The van der Waals surface area contributed by atoms with Gasteiger partial charge in [-0.25, -0.2) is 13.2 Å². The third-order valence-corrected chi connectivity index (χ3v) is 6.66. The van der Waals surface area contributed by atoms with E-state index >= 15 is 0 Å². The van der Waals surface area contributed by atoms with E-state index in [0.717, 1.165) is 25.7 Å². The van der Waals surface area contributed by atoms with Crippen molar-refractivity contribution >= 4 is 16.0 Å². The molecule has 1 aliphatic rings. The molecule has 6 heteroatoms. The van der Waals surface area contributed by atoms with Crippen LogP contribution in [0.4, 0.5) is 0 Å². The van der Waals surface area contributed by atoms with Gasteiger partial charge in [0.1, 0.15) is 0 Å². The molecule has 0 heterocycles. The van der Waals surface area contributed by atoms with Crippen molar-refractivity contribution in [1.82, 2.24) is 4.31 Å². The molecule has 0 N–H and O–H groups in total. The highest BCUT2D eigenvalue weighted by atomic mass is 32.2. The molecule has 0 bridgehead atoms. The number of aryl methyl sites for hydroxylation is 1. The number of benzene rings is 1. The summed E-state index contributed by atoms with van der Waals surface area (Å²) >= 11 is 0. The van der Waals surface area contributed by atoms with Gasteiger partial charge in [-0.15, -0.1) is 0 Å². The van der Waals surface area contributed by atoms with E-state index in [1.165, 1.54) is 25.7 Å². The van der Waals surface area contributed by atoms with E-state index in [9.17, 15) is 13.2 Å². The summed E-state index contributed by atoms with van der Waals surface area (Å²) in [7, 11) is -2.24. The van der Waals surface area contributed by atoms with E-state index in [2.05, 4.69) is 4.74 Å². The molecule has 0 atom stereocenters. The summed E-state index contributed by atoms with van der Waals surface area (Å²) in [5.74, 6) is -0.461. The van der Waals surface area contributed by atoms with Crippen molar-refractivity contribution in [3.8, 4) is 0 Å². The van der Waals surface area contributed by atoms with Gasteiger partial charge < -0.3 is 4.74 Å². The normalized spacial score (nSPS) is 16.5. The first-order chi connectivity index (χ1) is 10.9. The minimum Gasteiger partial charge on any atom is -0.465 e. The maximum Gasteiger partial charge on any atom is 0.337 e. The summed E-state index contributed by atoms with van der Waals surface area (Å²) in [6.07, 6.45) is 5.19.